The molecule has 1 atom stereocenters. The van der Waals surface area contributed by atoms with Gasteiger partial charge in [-0.15, -0.1) is 0 Å². The number of allylic oxidation sites excluding steroid dienone is 14. The number of esters is 3. The van der Waals surface area contributed by atoms with Gasteiger partial charge in [0, 0.05) is 19.3 Å². The first-order valence-electron chi connectivity index (χ1n) is 27.1. The Bertz CT molecular complexity index is 1270. The molecule has 0 aliphatic carbocycles. The summed E-state index contributed by atoms with van der Waals surface area (Å²) >= 11 is 0. The normalized spacial score (nSPS) is 12.7. The standard InChI is InChI=1S/C59H100O6/c1-4-7-10-13-16-19-22-24-26-28-29-31-32-34-37-40-43-46-49-52-58(61)64-55-56(54-63-57(60)51-48-45-42-39-36-21-18-15-12-9-6-3)65-59(62)53-50-47-44-41-38-35-33-30-27-25-23-20-17-14-11-8-5-2/h15-20,24-27,29,31,33,35,56H,4-14,21-23,28,30,32,34,36-55H2,1-3H3/b18-15-,19-16-,20-17-,26-24-,27-25-,31-29-,35-33-/t56-/m1/s1. The number of unbranched alkanes of at least 4 members (excludes halogenated alkanes) is 23. The minimum absolute atomic E-state index is 0.0950. The number of hydrogen-bond donors (Lipinski definition) is 0. The van der Waals surface area contributed by atoms with Gasteiger partial charge in [-0.3, -0.25) is 14.4 Å². The summed E-state index contributed by atoms with van der Waals surface area (Å²) in [6.07, 6.45) is 68.5. The Morgan fingerprint density at radius 2 is 0.569 bits per heavy atom. The van der Waals surface area contributed by atoms with Crippen LogP contribution in [0.1, 0.15) is 252 Å². The van der Waals surface area contributed by atoms with Crippen LogP contribution in [0, 0.1) is 0 Å². The average molecular weight is 905 g/mol. The van der Waals surface area contributed by atoms with Crippen molar-refractivity contribution >= 4 is 17.9 Å². The Labute approximate surface area is 401 Å². The first-order valence-corrected chi connectivity index (χ1v) is 27.1. The van der Waals surface area contributed by atoms with Crippen molar-refractivity contribution in [1.29, 1.82) is 0 Å². The fraction of sp³-hybridized carbons (Fsp3) is 0.712. The Morgan fingerprint density at radius 1 is 0.308 bits per heavy atom. The SMILES string of the molecule is CCCC/C=C\CCCCCCCC(=O)OC[C@H](COC(=O)CCCCCCCC/C=C\C/C=C\C/C=C\CCCCC)OC(=O)CCCCCC/C=C\C/C=C\C/C=C\CCCCC. The summed E-state index contributed by atoms with van der Waals surface area (Å²) in [5.41, 5.74) is 0. The molecule has 0 fully saturated rings. The van der Waals surface area contributed by atoms with Gasteiger partial charge in [0.1, 0.15) is 13.2 Å². The lowest BCUT2D eigenvalue weighted by Crippen LogP contribution is -2.30. The summed E-state index contributed by atoms with van der Waals surface area (Å²) in [6, 6.07) is 0. The molecule has 0 amide bonds. The van der Waals surface area contributed by atoms with Gasteiger partial charge in [0.05, 0.1) is 0 Å². The molecule has 0 unspecified atom stereocenters. The van der Waals surface area contributed by atoms with Crippen LogP contribution in [0.4, 0.5) is 0 Å². The second kappa shape index (κ2) is 53.2. The van der Waals surface area contributed by atoms with E-state index in [4.69, 9.17) is 14.2 Å². The van der Waals surface area contributed by atoms with Gasteiger partial charge in [0.25, 0.3) is 0 Å². The highest BCUT2D eigenvalue weighted by molar-refractivity contribution is 5.71. The van der Waals surface area contributed by atoms with Crippen LogP contribution in [0.25, 0.3) is 0 Å². The van der Waals surface area contributed by atoms with Crippen molar-refractivity contribution in [2.24, 2.45) is 0 Å². The van der Waals surface area contributed by atoms with Gasteiger partial charge < -0.3 is 14.2 Å². The number of carbonyl (C=O) groups excluding carboxylic acids is 3. The van der Waals surface area contributed by atoms with Crippen LogP contribution < -0.4 is 0 Å². The van der Waals surface area contributed by atoms with Gasteiger partial charge in [-0.25, -0.2) is 0 Å². The molecular formula is C59H100O6. The Kier molecular flexibility index (Phi) is 50.4. The highest BCUT2D eigenvalue weighted by atomic mass is 16.6. The van der Waals surface area contributed by atoms with E-state index in [1.54, 1.807) is 0 Å². The van der Waals surface area contributed by atoms with Gasteiger partial charge in [-0.1, -0.05) is 202 Å². The summed E-state index contributed by atoms with van der Waals surface area (Å²) < 4.78 is 16.8. The fourth-order valence-electron chi connectivity index (χ4n) is 7.20. The van der Waals surface area contributed by atoms with Crippen molar-refractivity contribution in [2.75, 3.05) is 13.2 Å². The molecule has 0 aromatic rings. The molecule has 0 spiro atoms. The third-order valence-electron chi connectivity index (χ3n) is 11.3. The highest BCUT2D eigenvalue weighted by Crippen LogP contribution is 2.13. The minimum atomic E-state index is -0.797. The maximum absolute atomic E-state index is 12.8. The molecule has 0 aromatic heterocycles. The predicted octanol–water partition coefficient (Wildman–Crippen LogP) is 18.0. The number of hydrogen-bond acceptors (Lipinski definition) is 6. The molecule has 0 saturated carbocycles. The fourth-order valence-corrected chi connectivity index (χ4v) is 7.20. The van der Waals surface area contributed by atoms with Crippen molar-refractivity contribution in [3.63, 3.8) is 0 Å². The Morgan fingerprint density at radius 3 is 0.923 bits per heavy atom. The van der Waals surface area contributed by atoms with Crippen LogP contribution in [-0.4, -0.2) is 37.2 Å². The van der Waals surface area contributed by atoms with E-state index in [9.17, 15) is 14.4 Å². The second-order valence-corrected chi connectivity index (χ2v) is 17.8. The Hall–Kier alpha value is -3.41. The average Bonchev–Trinajstić information content (AvgIpc) is 3.30. The van der Waals surface area contributed by atoms with Crippen LogP contribution in [0.15, 0.2) is 85.1 Å². The number of ether oxygens (including phenoxy) is 3. The first-order chi connectivity index (χ1) is 32.0. The van der Waals surface area contributed by atoms with Crippen molar-refractivity contribution in [1.82, 2.24) is 0 Å². The molecule has 65 heavy (non-hydrogen) atoms. The maximum Gasteiger partial charge on any atom is 0.306 e. The van der Waals surface area contributed by atoms with Crippen molar-refractivity contribution in [3.8, 4) is 0 Å². The lowest BCUT2D eigenvalue weighted by molar-refractivity contribution is -0.167. The molecule has 0 aliphatic heterocycles. The van der Waals surface area contributed by atoms with Gasteiger partial charge in [-0.2, -0.15) is 0 Å². The predicted molar refractivity (Wildman–Crippen MR) is 279 cm³/mol. The molecule has 0 aliphatic rings. The van der Waals surface area contributed by atoms with E-state index < -0.39 is 6.10 Å². The van der Waals surface area contributed by atoms with Crippen LogP contribution in [0.3, 0.4) is 0 Å². The third kappa shape index (κ3) is 51.4. The molecule has 6 nitrogen and oxygen atoms in total. The minimum Gasteiger partial charge on any atom is -0.462 e. The molecule has 6 heteroatoms. The summed E-state index contributed by atoms with van der Waals surface area (Å²) in [5, 5.41) is 0. The zero-order valence-electron chi connectivity index (χ0n) is 42.5. The van der Waals surface area contributed by atoms with E-state index in [0.717, 1.165) is 116 Å². The third-order valence-corrected chi connectivity index (χ3v) is 11.3. The van der Waals surface area contributed by atoms with E-state index in [2.05, 4.69) is 106 Å². The maximum atomic E-state index is 12.8. The van der Waals surface area contributed by atoms with E-state index in [0.29, 0.717) is 19.3 Å². The Balaban J connectivity index is 4.43. The zero-order valence-corrected chi connectivity index (χ0v) is 42.5. The van der Waals surface area contributed by atoms with Crippen LogP contribution in [0.5, 0.6) is 0 Å². The molecule has 0 rings (SSSR count). The van der Waals surface area contributed by atoms with Gasteiger partial charge >= 0.3 is 17.9 Å². The van der Waals surface area contributed by atoms with E-state index in [1.165, 1.54) is 96.3 Å². The molecule has 0 heterocycles. The summed E-state index contributed by atoms with van der Waals surface area (Å²) in [7, 11) is 0. The van der Waals surface area contributed by atoms with Crippen LogP contribution in [-0.2, 0) is 28.6 Å². The van der Waals surface area contributed by atoms with Gasteiger partial charge in [0.2, 0.25) is 0 Å². The van der Waals surface area contributed by atoms with Crippen molar-refractivity contribution in [2.45, 2.75) is 258 Å². The molecular weight excluding hydrogens is 805 g/mol. The molecule has 0 saturated heterocycles. The molecule has 0 N–H and O–H groups in total. The quantitative estimate of drug-likeness (QED) is 0.0262. The molecule has 0 aromatic carbocycles. The van der Waals surface area contributed by atoms with E-state index in [-0.39, 0.29) is 31.1 Å². The number of carbonyl (C=O) groups is 3. The number of rotatable bonds is 48. The summed E-state index contributed by atoms with van der Waals surface area (Å²) in [5.74, 6) is -0.938. The molecule has 0 radical (unpaired) electrons. The van der Waals surface area contributed by atoms with Crippen molar-refractivity contribution < 1.29 is 28.6 Å². The smallest absolute Gasteiger partial charge is 0.306 e. The van der Waals surface area contributed by atoms with Gasteiger partial charge in [0.15, 0.2) is 6.10 Å². The van der Waals surface area contributed by atoms with E-state index >= 15 is 0 Å². The first kappa shape index (κ1) is 61.6. The van der Waals surface area contributed by atoms with Gasteiger partial charge in [-0.05, 0) is 116 Å². The van der Waals surface area contributed by atoms with Crippen molar-refractivity contribution in [3.05, 3.63) is 85.1 Å². The van der Waals surface area contributed by atoms with Crippen LogP contribution >= 0.6 is 0 Å². The van der Waals surface area contributed by atoms with E-state index in [1.807, 2.05) is 0 Å². The monoisotopic (exact) mass is 905 g/mol. The lowest BCUT2D eigenvalue weighted by Gasteiger charge is -2.18. The molecule has 372 valence electrons. The highest BCUT2D eigenvalue weighted by Gasteiger charge is 2.19. The lowest BCUT2D eigenvalue weighted by atomic mass is 10.1. The summed E-state index contributed by atoms with van der Waals surface area (Å²) in [6.45, 7) is 6.51. The second-order valence-electron chi connectivity index (χ2n) is 17.8. The topological polar surface area (TPSA) is 78.9 Å². The summed E-state index contributed by atoms with van der Waals surface area (Å²) in [4.78, 5) is 38.0. The molecule has 0 bridgehead atoms. The largest absolute Gasteiger partial charge is 0.462 e. The van der Waals surface area contributed by atoms with Crippen LogP contribution in [0.2, 0.25) is 0 Å². The zero-order chi connectivity index (χ0) is 47.2.